The molecular formula is C27H23ClN4O2. The maximum atomic E-state index is 6.42. The summed E-state index contributed by atoms with van der Waals surface area (Å²) in [5.41, 5.74) is 7.63. The molecular weight excluding hydrogens is 448 g/mol. The van der Waals surface area contributed by atoms with E-state index in [-0.39, 0.29) is 0 Å². The SMILES string of the molecule is COc1ccc(Nc2ncc3c(n2)-c2ccc(Cl)cc2C(c2ccccc2C)=NC3)cc1OC. The fourth-order valence-corrected chi connectivity index (χ4v) is 4.27. The van der Waals surface area contributed by atoms with Crippen LogP contribution in [-0.4, -0.2) is 29.9 Å². The van der Waals surface area contributed by atoms with Crippen LogP contribution in [0.2, 0.25) is 5.02 Å². The first-order chi connectivity index (χ1) is 16.6. The molecule has 1 N–H and O–H groups in total. The normalized spacial score (nSPS) is 12.2. The zero-order chi connectivity index (χ0) is 23.7. The summed E-state index contributed by atoms with van der Waals surface area (Å²) >= 11 is 6.42. The number of aromatic nitrogens is 2. The number of fused-ring (bicyclic) bond motifs is 3. The highest BCUT2D eigenvalue weighted by Crippen LogP contribution is 2.35. The molecule has 0 atom stereocenters. The van der Waals surface area contributed by atoms with Gasteiger partial charge in [0.05, 0.1) is 32.2 Å². The molecule has 0 saturated heterocycles. The van der Waals surface area contributed by atoms with E-state index in [1.54, 1.807) is 14.2 Å². The Morgan fingerprint density at radius 3 is 2.50 bits per heavy atom. The van der Waals surface area contributed by atoms with Crippen molar-refractivity contribution in [3.63, 3.8) is 0 Å². The molecule has 5 rings (SSSR count). The van der Waals surface area contributed by atoms with Crippen LogP contribution in [0, 0.1) is 6.92 Å². The summed E-state index contributed by atoms with van der Waals surface area (Å²) in [6.45, 7) is 2.56. The fourth-order valence-electron chi connectivity index (χ4n) is 4.10. The lowest BCUT2D eigenvalue weighted by atomic mass is 9.93. The van der Waals surface area contributed by atoms with Crippen LogP contribution >= 0.6 is 11.6 Å². The van der Waals surface area contributed by atoms with Gasteiger partial charge in [0, 0.05) is 45.2 Å². The summed E-state index contributed by atoms with van der Waals surface area (Å²) in [5, 5.41) is 3.93. The van der Waals surface area contributed by atoms with Crippen molar-refractivity contribution in [1.82, 2.24) is 9.97 Å². The average Bonchev–Trinajstić information content (AvgIpc) is 3.00. The lowest BCUT2D eigenvalue weighted by Crippen LogP contribution is -2.07. The third kappa shape index (κ3) is 4.08. The van der Waals surface area contributed by atoms with Crippen molar-refractivity contribution >= 4 is 28.9 Å². The topological polar surface area (TPSA) is 68.6 Å². The van der Waals surface area contributed by atoms with Gasteiger partial charge >= 0.3 is 0 Å². The lowest BCUT2D eigenvalue weighted by molar-refractivity contribution is 0.355. The number of methoxy groups -OCH3 is 2. The maximum absolute atomic E-state index is 6.42. The molecule has 0 unspecified atom stereocenters. The summed E-state index contributed by atoms with van der Waals surface area (Å²) in [4.78, 5) is 14.4. The number of aliphatic imine (C=N–C) groups is 1. The number of benzene rings is 3. The number of ether oxygens (including phenoxy) is 2. The Morgan fingerprint density at radius 2 is 1.71 bits per heavy atom. The molecule has 7 heteroatoms. The van der Waals surface area contributed by atoms with E-state index in [1.807, 2.05) is 54.7 Å². The number of hydrogen-bond donors (Lipinski definition) is 1. The molecule has 3 aromatic carbocycles. The Hall–Kier alpha value is -3.90. The van der Waals surface area contributed by atoms with Crippen LogP contribution in [0.3, 0.4) is 0 Å². The quantitative estimate of drug-likeness (QED) is 0.375. The number of rotatable bonds is 5. The van der Waals surface area contributed by atoms with E-state index in [9.17, 15) is 0 Å². The van der Waals surface area contributed by atoms with Crippen molar-refractivity contribution in [2.45, 2.75) is 13.5 Å². The van der Waals surface area contributed by atoms with Crippen LogP contribution in [0.1, 0.15) is 22.3 Å². The molecule has 6 nitrogen and oxygen atoms in total. The third-order valence-electron chi connectivity index (χ3n) is 5.80. The molecule has 0 aliphatic carbocycles. The number of aryl methyl sites for hydroxylation is 1. The van der Waals surface area contributed by atoms with Gasteiger partial charge in [0.15, 0.2) is 11.5 Å². The van der Waals surface area contributed by atoms with Crippen molar-refractivity contribution in [2.75, 3.05) is 19.5 Å². The van der Waals surface area contributed by atoms with E-state index in [4.69, 9.17) is 31.1 Å². The van der Waals surface area contributed by atoms with Gasteiger partial charge in [0.2, 0.25) is 5.95 Å². The fraction of sp³-hybridized carbons (Fsp3) is 0.148. The number of anilines is 2. The van der Waals surface area contributed by atoms with E-state index < -0.39 is 0 Å². The monoisotopic (exact) mass is 470 g/mol. The van der Waals surface area contributed by atoms with Gasteiger partial charge in [-0.25, -0.2) is 9.97 Å². The van der Waals surface area contributed by atoms with Gasteiger partial charge in [-0.1, -0.05) is 41.9 Å². The summed E-state index contributed by atoms with van der Waals surface area (Å²) in [6.07, 6.45) is 1.83. The molecule has 1 aliphatic heterocycles. The Morgan fingerprint density at radius 1 is 0.882 bits per heavy atom. The van der Waals surface area contributed by atoms with E-state index >= 15 is 0 Å². The van der Waals surface area contributed by atoms with Gasteiger partial charge in [-0.2, -0.15) is 0 Å². The molecule has 0 radical (unpaired) electrons. The second kappa shape index (κ2) is 9.15. The van der Waals surface area contributed by atoms with Crippen LogP contribution < -0.4 is 14.8 Å². The molecule has 0 saturated carbocycles. The van der Waals surface area contributed by atoms with Crippen molar-refractivity contribution in [2.24, 2.45) is 4.99 Å². The van der Waals surface area contributed by atoms with Gasteiger partial charge in [-0.3, -0.25) is 4.99 Å². The standard InChI is InChI=1S/C27H23ClN4O2/c1-16-6-4-5-7-20(16)26-22-12-18(28)8-10-21(22)25-17(14-29-26)15-30-27(32-25)31-19-9-11-23(33-2)24(13-19)34-3/h4-13,15H,14H2,1-3H3,(H,30,31,32). The molecule has 0 bridgehead atoms. The molecule has 170 valence electrons. The van der Waals surface area contributed by atoms with E-state index in [1.165, 1.54) is 0 Å². The highest BCUT2D eigenvalue weighted by molar-refractivity contribution is 6.31. The zero-order valence-corrected chi connectivity index (χ0v) is 19.8. The minimum Gasteiger partial charge on any atom is -0.493 e. The highest BCUT2D eigenvalue weighted by Gasteiger charge is 2.22. The largest absolute Gasteiger partial charge is 0.493 e. The summed E-state index contributed by atoms with van der Waals surface area (Å²) < 4.78 is 10.7. The van der Waals surface area contributed by atoms with Crippen LogP contribution in [0.15, 0.2) is 71.9 Å². The Kier molecular flexibility index (Phi) is 5.90. The molecule has 0 spiro atoms. The molecule has 0 fully saturated rings. The van der Waals surface area contributed by atoms with Crippen LogP contribution in [0.25, 0.3) is 11.3 Å². The van der Waals surface area contributed by atoms with Gasteiger partial charge < -0.3 is 14.8 Å². The third-order valence-corrected chi connectivity index (χ3v) is 6.04. The van der Waals surface area contributed by atoms with Crippen LogP contribution in [-0.2, 0) is 6.54 Å². The lowest BCUT2D eigenvalue weighted by Gasteiger charge is -2.14. The second-order valence-electron chi connectivity index (χ2n) is 7.93. The summed E-state index contributed by atoms with van der Waals surface area (Å²) in [5.74, 6) is 1.76. The smallest absolute Gasteiger partial charge is 0.227 e. The maximum Gasteiger partial charge on any atom is 0.227 e. The minimum atomic E-state index is 0.474. The summed E-state index contributed by atoms with van der Waals surface area (Å²) in [7, 11) is 3.21. The van der Waals surface area contributed by atoms with E-state index in [0.717, 1.165) is 44.9 Å². The van der Waals surface area contributed by atoms with Gasteiger partial charge in [-0.15, -0.1) is 0 Å². The number of halogens is 1. The molecule has 34 heavy (non-hydrogen) atoms. The molecule has 2 heterocycles. The zero-order valence-electron chi connectivity index (χ0n) is 19.1. The molecule has 0 amide bonds. The van der Waals surface area contributed by atoms with Crippen molar-refractivity contribution in [3.8, 4) is 22.8 Å². The Bertz CT molecular complexity index is 1420. The molecule has 1 aliphatic rings. The molecule has 4 aromatic rings. The predicted molar refractivity (Wildman–Crippen MR) is 136 cm³/mol. The second-order valence-corrected chi connectivity index (χ2v) is 8.37. The Balaban J connectivity index is 1.58. The first kappa shape index (κ1) is 21.9. The first-order valence-corrected chi connectivity index (χ1v) is 11.2. The van der Waals surface area contributed by atoms with E-state index in [2.05, 4.69) is 29.4 Å². The number of nitrogens with one attached hydrogen (secondary N) is 1. The van der Waals surface area contributed by atoms with Crippen LogP contribution in [0.5, 0.6) is 11.5 Å². The van der Waals surface area contributed by atoms with Gasteiger partial charge in [0.25, 0.3) is 0 Å². The van der Waals surface area contributed by atoms with Crippen molar-refractivity contribution < 1.29 is 9.47 Å². The van der Waals surface area contributed by atoms with Gasteiger partial charge in [0.1, 0.15) is 0 Å². The number of hydrogen-bond acceptors (Lipinski definition) is 6. The van der Waals surface area contributed by atoms with E-state index in [0.29, 0.717) is 29.0 Å². The Labute approximate surface area is 203 Å². The first-order valence-electron chi connectivity index (χ1n) is 10.8. The van der Waals surface area contributed by atoms with Crippen molar-refractivity contribution in [3.05, 3.63) is 94.1 Å². The molecule has 1 aromatic heterocycles. The number of nitrogens with zero attached hydrogens (tertiary/aromatic N) is 3. The van der Waals surface area contributed by atoms with Crippen LogP contribution in [0.4, 0.5) is 11.6 Å². The summed E-state index contributed by atoms with van der Waals surface area (Å²) in [6, 6.07) is 19.7. The highest BCUT2D eigenvalue weighted by atomic mass is 35.5. The minimum absolute atomic E-state index is 0.474. The average molecular weight is 471 g/mol. The van der Waals surface area contributed by atoms with Crippen molar-refractivity contribution in [1.29, 1.82) is 0 Å². The van der Waals surface area contributed by atoms with Gasteiger partial charge in [-0.05, 0) is 36.8 Å². The predicted octanol–water partition coefficient (Wildman–Crippen LogP) is 6.22.